The molecule has 4 N–H and O–H groups in total. The molecule has 0 aliphatic heterocycles. The van der Waals surface area contributed by atoms with Gasteiger partial charge < -0.3 is 15.4 Å². The van der Waals surface area contributed by atoms with Crippen molar-refractivity contribution in [1.29, 1.82) is 0 Å². The minimum atomic E-state index is -3.79. The van der Waals surface area contributed by atoms with Gasteiger partial charge in [-0.1, -0.05) is 6.07 Å². The number of hydrogen-bond acceptors (Lipinski definition) is 5. The Morgan fingerprint density at radius 1 is 1.39 bits per heavy atom. The second kappa shape index (κ2) is 6.03. The van der Waals surface area contributed by atoms with Crippen LogP contribution in [0.2, 0.25) is 0 Å². The number of nitrogen functional groups attached to an aromatic ring is 1. The van der Waals surface area contributed by atoms with Gasteiger partial charge in [-0.2, -0.15) is 0 Å². The van der Waals surface area contributed by atoms with Gasteiger partial charge in [-0.15, -0.1) is 0 Å². The van der Waals surface area contributed by atoms with Crippen molar-refractivity contribution in [3.63, 3.8) is 0 Å². The fraction of sp³-hybridized carbons (Fsp3) is 0.455. The van der Waals surface area contributed by atoms with Crippen LogP contribution in [0.5, 0.6) is 0 Å². The van der Waals surface area contributed by atoms with Crippen LogP contribution in [0.1, 0.15) is 6.42 Å². The fourth-order valence-electron chi connectivity index (χ4n) is 1.68. The SMILES string of the molecule is COCCCN(C)c1cccc(S(N)(=O)=O)c1N. The minimum Gasteiger partial charge on any atom is -0.396 e. The lowest BCUT2D eigenvalue weighted by Crippen LogP contribution is -2.22. The van der Waals surface area contributed by atoms with Gasteiger partial charge in [-0.25, -0.2) is 13.6 Å². The maximum Gasteiger partial charge on any atom is 0.240 e. The molecule has 0 spiro atoms. The number of benzene rings is 1. The van der Waals surface area contributed by atoms with E-state index in [2.05, 4.69) is 0 Å². The lowest BCUT2D eigenvalue weighted by molar-refractivity contribution is 0.196. The molecule has 0 saturated carbocycles. The van der Waals surface area contributed by atoms with Gasteiger partial charge in [-0.3, -0.25) is 0 Å². The molecule has 0 heterocycles. The first-order valence-electron chi connectivity index (χ1n) is 5.49. The highest BCUT2D eigenvalue weighted by molar-refractivity contribution is 7.89. The van der Waals surface area contributed by atoms with Crippen LogP contribution in [0.4, 0.5) is 11.4 Å². The van der Waals surface area contributed by atoms with Gasteiger partial charge in [0.15, 0.2) is 0 Å². The molecule has 0 unspecified atom stereocenters. The van der Waals surface area contributed by atoms with Crippen LogP contribution in [0.15, 0.2) is 23.1 Å². The fourth-order valence-corrected chi connectivity index (χ4v) is 2.36. The van der Waals surface area contributed by atoms with Crippen LogP contribution in [0.25, 0.3) is 0 Å². The Balaban J connectivity index is 2.97. The third-order valence-corrected chi connectivity index (χ3v) is 3.57. The van der Waals surface area contributed by atoms with Gasteiger partial charge in [-0.05, 0) is 18.6 Å². The number of anilines is 2. The number of nitrogens with zero attached hydrogens (tertiary/aromatic N) is 1. The summed E-state index contributed by atoms with van der Waals surface area (Å²) in [7, 11) is -0.315. The van der Waals surface area contributed by atoms with Crippen molar-refractivity contribution < 1.29 is 13.2 Å². The summed E-state index contributed by atoms with van der Waals surface area (Å²) in [5, 5.41) is 5.10. The summed E-state index contributed by atoms with van der Waals surface area (Å²) in [6.07, 6.45) is 0.825. The van der Waals surface area contributed by atoms with Crippen LogP contribution in [-0.2, 0) is 14.8 Å². The summed E-state index contributed by atoms with van der Waals surface area (Å²) in [5.74, 6) is 0. The molecule has 1 aromatic rings. The number of para-hydroxylation sites is 1. The summed E-state index contributed by atoms with van der Waals surface area (Å²) in [6.45, 7) is 1.35. The molecule has 0 aliphatic carbocycles. The maximum absolute atomic E-state index is 11.3. The molecule has 0 atom stereocenters. The van der Waals surface area contributed by atoms with Gasteiger partial charge in [0.1, 0.15) is 4.90 Å². The Labute approximate surface area is 108 Å². The standard InChI is InChI=1S/C11H19N3O3S/c1-14(7-4-8-17-2)9-5-3-6-10(11(9)12)18(13,15)16/h3,5-6H,4,7-8,12H2,1-2H3,(H2,13,15,16). The van der Waals surface area contributed by atoms with E-state index in [9.17, 15) is 8.42 Å². The number of primary sulfonamides is 1. The van der Waals surface area contributed by atoms with Crippen LogP contribution in [-0.4, -0.2) is 35.7 Å². The largest absolute Gasteiger partial charge is 0.396 e. The molecule has 7 heteroatoms. The summed E-state index contributed by atoms with van der Waals surface area (Å²) >= 11 is 0. The van der Waals surface area contributed by atoms with Crippen LogP contribution in [0, 0.1) is 0 Å². The number of ether oxygens (including phenoxy) is 1. The van der Waals surface area contributed by atoms with Crippen molar-refractivity contribution in [2.24, 2.45) is 5.14 Å². The monoisotopic (exact) mass is 273 g/mol. The van der Waals surface area contributed by atoms with E-state index in [0.29, 0.717) is 18.8 Å². The third kappa shape index (κ3) is 3.59. The number of nitrogens with two attached hydrogens (primary N) is 2. The van der Waals surface area contributed by atoms with Crippen LogP contribution < -0.4 is 15.8 Å². The Morgan fingerprint density at radius 3 is 2.61 bits per heavy atom. The molecule has 1 rings (SSSR count). The highest BCUT2D eigenvalue weighted by atomic mass is 32.2. The topological polar surface area (TPSA) is 98.6 Å². The van der Waals surface area contributed by atoms with Crippen molar-refractivity contribution in [2.75, 3.05) is 37.9 Å². The normalized spacial score (nSPS) is 11.5. The second-order valence-corrected chi connectivity index (χ2v) is 5.53. The van der Waals surface area contributed by atoms with Crippen molar-refractivity contribution >= 4 is 21.4 Å². The van der Waals surface area contributed by atoms with E-state index >= 15 is 0 Å². The molecule has 0 aliphatic rings. The van der Waals surface area contributed by atoms with E-state index in [1.54, 1.807) is 19.2 Å². The van der Waals surface area contributed by atoms with E-state index in [0.717, 1.165) is 6.42 Å². The predicted octanol–water partition coefficient (Wildman–Crippen LogP) is 0.389. The molecule has 0 fully saturated rings. The average Bonchev–Trinajstić information content (AvgIpc) is 2.28. The Hall–Kier alpha value is -1.31. The van der Waals surface area contributed by atoms with E-state index < -0.39 is 10.0 Å². The zero-order valence-electron chi connectivity index (χ0n) is 10.6. The molecular weight excluding hydrogens is 254 g/mol. The highest BCUT2D eigenvalue weighted by Gasteiger charge is 2.16. The van der Waals surface area contributed by atoms with Gasteiger partial charge in [0, 0.05) is 27.3 Å². The Kier molecular flexibility index (Phi) is 4.94. The summed E-state index contributed by atoms with van der Waals surface area (Å²) in [6, 6.07) is 4.78. The summed E-state index contributed by atoms with van der Waals surface area (Å²) < 4.78 is 27.7. The molecule has 0 radical (unpaired) electrons. The minimum absolute atomic E-state index is 0.0430. The molecule has 18 heavy (non-hydrogen) atoms. The molecule has 0 bridgehead atoms. The predicted molar refractivity (Wildman–Crippen MR) is 72.0 cm³/mol. The van der Waals surface area contributed by atoms with Crippen LogP contribution >= 0.6 is 0 Å². The number of hydrogen-bond donors (Lipinski definition) is 2. The molecule has 0 saturated heterocycles. The number of methoxy groups -OCH3 is 1. The van der Waals surface area contributed by atoms with Gasteiger partial charge in [0.05, 0.1) is 11.4 Å². The summed E-state index contributed by atoms with van der Waals surface area (Å²) in [5.41, 5.74) is 6.67. The lowest BCUT2D eigenvalue weighted by Gasteiger charge is -2.21. The first kappa shape index (κ1) is 14.7. The Bertz CT molecular complexity index is 502. The second-order valence-electron chi connectivity index (χ2n) is 4.00. The number of rotatable bonds is 6. The molecular formula is C11H19N3O3S. The zero-order chi connectivity index (χ0) is 13.8. The quantitative estimate of drug-likeness (QED) is 0.577. The maximum atomic E-state index is 11.3. The van der Waals surface area contributed by atoms with E-state index in [-0.39, 0.29) is 10.6 Å². The van der Waals surface area contributed by atoms with E-state index in [4.69, 9.17) is 15.6 Å². The summed E-state index contributed by atoms with van der Waals surface area (Å²) in [4.78, 5) is 1.84. The average molecular weight is 273 g/mol. The molecule has 0 aromatic heterocycles. The van der Waals surface area contributed by atoms with E-state index in [1.165, 1.54) is 6.07 Å². The lowest BCUT2D eigenvalue weighted by atomic mass is 10.2. The first-order valence-corrected chi connectivity index (χ1v) is 7.04. The smallest absolute Gasteiger partial charge is 0.240 e. The van der Waals surface area contributed by atoms with Crippen molar-refractivity contribution in [2.45, 2.75) is 11.3 Å². The van der Waals surface area contributed by atoms with Gasteiger partial charge in [0.2, 0.25) is 10.0 Å². The van der Waals surface area contributed by atoms with Crippen molar-refractivity contribution in [3.8, 4) is 0 Å². The molecule has 6 nitrogen and oxygen atoms in total. The van der Waals surface area contributed by atoms with Gasteiger partial charge >= 0.3 is 0 Å². The zero-order valence-corrected chi connectivity index (χ0v) is 11.4. The van der Waals surface area contributed by atoms with Crippen molar-refractivity contribution in [3.05, 3.63) is 18.2 Å². The molecule has 1 aromatic carbocycles. The first-order chi connectivity index (χ1) is 8.38. The van der Waals surface area contributed by atoms with Gasteiger partial charge in [0.25, 0.3) is 0 Å². The molecule has 102 valence electrons. The van der Waals surface area contributed by atoms with Crippen LogP contribution in [0.3, 0.4) is 0 Å². The third-order valence-electron chi connectivity index (χ3n) is 2.60. The molecule has 0 amide bonds. The van der Waals surface area contributed by atoms with E-state index in [1.807, 2.05) is 11.9 Å². The van der Waals surface area contributed by atoms with Crippen molar-refractivity contribution in [1.82, 2.24) is 0 Å². The Morgan fingerprint density at radius 2 is 2.06 bits per heavy atom. The highest BCUT2D eigenvalue weighted by Crippen LogP contribution is 2.28. The number of sulfonamides is 1.